The van der Waals surface area contributed by atoms with Crippen molar-refractivity contribution in [2.45, 2.75) is 30.3 Å². The minimum atomic E-state index is -4.83. The molecule has 22 heavy (non-hydrogen) atoms. The maximum Gasteiger partial charge on any atom is 0.408 e. The van der Waals surface area contributed by atoms with E-state index in [0.29, 0.717) is 13.0 Å². The van der Waals surface area contributed by atoms with E-state index in [-0.39, 0.29) is 18.6 Å². The topological polar surface area (TPSA) is 55.4 Å². The van der Waals surface area contributed by atoms with Crippen molar-refractivity contribution in [3.8, 4) is 0 Å². The Morgan fingerprint density at radius 3 is 2.36 bits per heavy atom. The molecule has 124 valence electrons. The minimum Gasteiger partial charge on any atom is -0.380 e. The molecule has 1 fully saturated rings. The Balaban J connectivity index is 2.25. The molecule has 1 aromatic rings. The van der Waals surface area contributed by atoms with Gasteiger partial charge in [-0.15, -0.1) is 0 Å². The highest BCUT2D eigenvalue weighted by Gasteiger charge is 2.44. The largest absolute Gasteiger partial charge is 0.408 e. The van der Waals surface area contributed by atoms with Gasteiger partial charge >= 0.3 is 6.18 Å². The number of hydrogen-bond donors (Lipinski definition) is 1. The summed E-state index contributed by atoms with van der Waals surface area (Å²) in [5.41, 5.74) is -0.366. The van der Waals surface area contributed by atoms with Gasteiger partial charge in [0.05, 0.1) is 11.9 Å². The smallest absolute Gasteiger partial charge is 0.380 e. The highest BCUT2D eigenvalue weighted by atomic mass is 32.2. The highest BCUT2D eigenvalue weighted by Crippen LogP contribution is 2.34. The lowest BCUT2D eigenvalue weighted by molar-refractivity contribution is -0.153. The normalized spacial score (nSPS) is 21.5. The molecule has 0 aliphatic carbocycles. The summed E-state index contributed by atoms with van der Waals surface area (Å²) in [4.78, 5) is 0. The van der Waals surface area contributed by atoms with Crippen LogP contribution in [0.15, 0.2) is 24.3 Å². The molecule has 0 aromatic heterocycles. The number of benzene rings is 1. The van der Waals surface area contributed by atoms with Crippen LogP contribution in [0.2, 0.25) is 0 Å². The zero-order chi connectivity index (χ0) is 16.4. The average Bonchev–Trinajstić information content (AvgIpc) is 2.46. The third kappa shape index (κ3) is 4.17. The van der Waals surface area contributed by atoms with Gasteiger partial charge in [0.2, 0.25) is 10.0 Å². The van der Waals surface area contributed by atoms with Crippen LogP contribution in [0, 0.1) is 5.82 Å². The van der Waals surface area contributed by atoms with Crippen LogP contribution in [-0.4, -0.2) is 33.1 Å². The predicted molar refractivity (Wildman–Crippen MR) is 71.1 cm³/mol. The van der Waals surface area contributed by atoms with E-state index in [1.807, 2.05) is 0 Å². The molecular weight excluding hydrogens is 326 g/mol. The fourth-order valence-electron chi connectivity index (χ4n) is 2.20. The van der Waals surface area contributed by atoms with Crippen molar-refractivity contribution < 1.29 is 30.7 Å². The molecule has 1 aromatic carbocycles. The van der Waals surface area contributed by atoms with Crippen LogP contribution < -0.4 is 4.72 Å². The molecule has 2 unspecified atom stereocenters. The number of rotatable bonds is 4. The number of halogens is 4. The fraction of sp³-hybridized carbons (Fsp3) is 0.538. The first-order valence-corrected chi connectivity index (χ1v) is 8.16. The Morgan fingerprint density at radius 1 is 1.23 bits per heavy atom. The van der Waals surface area contributed by atoms with Crippen LogP contribution in [0.1, 0.15) is 24.4 Å². The minimum absolute atomic E-state index is 0.136. The van der Waals surface area contributed by atoms with E-state index in [9.17, 15) is 26.0 Å². The number of alkyl halides is 3. The lowest BCUT2D eigenvalue weighted by atomic mass is 10.1. The molecule has 0 bridgehead atoms. The molecule has 0 radical (unpaired) electrons. The van der Waals surface area contributed by atoms with Gasteiger partial charge in [-0.25, -0.2) is 12.8 Å². The lowest BCUT2D eigenvalue weighted by Crippen LogP contribution is -2.45. The Hall–Kier alpha value is -1.19. The van der Waals surface area contributed by atoms with Gasteiger partial charge in [-0.05, 0) is 30.5 Å². The second kappa shape index (κ2) is 6.51. The van der Waals surface area contributed by atoms with Gasteiger partial charge in [-0.3, -0.25) is 0 Å². The van der Waals surface area contributed by atoms with Crippen molar-refractivity contribution in [1.29, 1.82) is 0 Å². The summed E-state index contributed by atoms with van der Waals surface area (Å²) < 4.78 is 83.2. The van der Waals surface area contributed by atoms with Crippen molar-refractivity contribution >= 4 is 10.0 Å². The first kappa shape index (κ1) is 17.2. The van der Waals surface area contributed by atoms with Crippen molar-refractivity contribution in [2.75, 3.05) is 13.2 Å². The van der Waals surface area contributed by atoms with Crippen LogP contribution in [0.4, 0.5) is 17.6 Å². The Kier molecular flexibility index (Phi) is 5.08. The summed E-state index contributed by atoms with van der Waals surface area (Å²) in [5.74, 6) is -0.701. The third-order valence-electron chi connectivity index (χ3n) is 3.37. The Morgan fingerprint density at radius 2 is 1.86 bits per heavy atom. The molecule has 0 spiro atoms. The molecule has 1 N–H and O–H groups in total. The second-order valence-corrected chi connectivity index (χ2v) is 7.02. The van der Waals surface area contributed by atoms with Crippen molar-refractivity contribution in [2.24, 2.45) is 0 Å². The lowest BCUT2D eigenvalue weighted by Gasteiger charge is -2.27. The molecule has 1 saturated heterocycles. The van der Waals surface area contributed by atoms with Gasteiger partial charge in [-0.2, -0.15) is 17.9 Å². The monoisotopic (exact) mass is 341 g/mol. The molecule has 4 nitrogen and oxygen atoms in total. The molecule has 2 rings (SSSR count). The van der Waals surface area contributed by atoms with Crippen molar-refractivity contribution in [3.63, 3.8) is 0 Å². The van der Waals surface area contributed by atoms with Crippen LogP contribution in [0.25, 0.3) is 0 Å². The predicted octanol–water partition coefficient (Wildman–Crippen LogP) is 2.53. The number of nitrogens with one attached hydrogen (secondary N) is 1. The molecule has 0 saturated carbocycles. The molecule has 2 atom stereocenters. The third-order valence-corrected chi connectivity index (χ3v) is 5.18. The SMILES string of the molecule is O=S(=O)(NC(c1ccc(F)cc1)C(F)(F)F)C1CCCOC1. The first-order valence-electron chi connectivity index (χ1n) is 6.61. The van der Waals surface area contributed by atoms with Gasteiger partial charge in [0, 0.05) is 6.61 Å². The zero-order valence-electron chi connectivity index (χ0n) is 11.4. The summed E-state index contributed by atoms with van der Waals surface area (Å²) in [6.45, 7) is 0.260. The van der Waals surface area contributed by atoms with Crippen molar-refractivity contribution in [3.05, 3.63) is 35.6 Å². The fourth-order valence-corrected chi connectivity index (χ4v) is 3.74. The molecular formula is C13H15F4NO3S. The number of sulfonamides is 1. The maximum atomic E-state index is 13.2. The van der Waals surface area contributed by atoms with Crippen LogP contribution in [-0.2, 0) is 14.8 Å². The summed E-state index contributed by atoms with van der Waals surface area (Å²) in [5, 5.41) is -1.02. The Labute approximate surface area is 125 Å². The van der Waals surface area contributed by atoms with E-state index < -0.39 is 33.3 Å². The van der Waals surface area contributed by atoms with Gasteiger partial charge < -0.3 is 4.74 Å². The average molecular weight is 341 g/mol. The maximum absolute atomic E-state index is 13.2. The summed E-state index contributed by atoms with van der Waals surface area (Å²) in [6.07, 6.45) is -4.12. The molecule has 9 heteroatoms. The summed E-state index contributed by atoms with van der Waals surface area (Å²) in [7, 11) is -4.21. The molecule has 1 aliphatic heterocycles. The van der Waals surface area contributed by atoms with Gasteiger partial charge in [0.1, 0.15) is 11.9 Å². The van der Waals surface area contributed by atoms with E-state index in [1.54, 1.807) is 4.72 Å². The number of ether oxygens (including phenoxy) is 1. The van der Waals surface area contributed by atoms with Crippen LogP contribution in [0.3, 0.4) is 0 Å². The van der Waals surface area contributed by atoms with E-state index >= 15 is 0 Å². The molecule has 1 aliphatic rings. The highest BCUT2D eigenvalue weighted by molar-refractivity contribution is 7.90. The van der Waals surface area contributed by atoms with Crippen molar-refractivity contribution in [1.82, 2.24) is 4.72 Å². The summed E-state index contributed by atoms with van der Waals surface area (Å²) >= 11 is 0. The van der Waals surface area contributed by atoms with E-state index in [4.69, 9.17) is 4.74 Å². The number of hydrogen-bond acceptors (Lipinski definition) is 3. The molecule has 0 amide bonds. The standard InChI is InChI=1S/C13H15F4NO3S/c14-10-5-3-9(4-6-10)12(13(15,16)17)18-22(19,20)11-2-1-7-21-8-11/h3-6,11-12,18H,1-2,7-8H2. The van der Waals surface area contributed by atoms with Gasteiger partial charge in [0.25, 0.3) is 0 Å². The molecule has 1 heterocycles. The van der Waals surface area contributed by atoms with Gasteiger partial charge in [-0.1, -0.05) is 12.1 Å². The van der Waals surface area contributed by atoms with E-state index in [2.05, 4.69) is 0 Å². The van der Waals surface area contributed by atoms with Crippen LogP contribution in [0.5, 0.6) is 0 Å². The van der Waals surface area contributed by atoms with Crippen LogP contribution >= 0.6 is 0 Å². The first-order chi connectivity index (χ1) is 10.2. The van der Waals surface area contributed by atoms with E-state index in [1.165, 1.54) is 0 Å². The second-order valence-electron chi connectivity index (χ2n) is 5.03. The summed E-state index contributed by atoms with van der Waals surface area (Å²) in [6, 6.07) is 1.11. The van der Waals surface area contributed by atoms with Gasteiger partial charge in [0.15, 0.2) is 0 Å². The Bertz CT molecular complexity index is 595. The zero-order valence-corrected chi connectivity index (χ0v) is 12.3. The quantitative estimate of drug-likeness (QED) is 0.857. The van der Waals surface area contributed by atoms with E-state index in [0.717, 1.165) is 24.3 Å².